The van der Waals surface area contributed by atoms with Gasteiger partial charge < -0.3 is 18.6 Å². The highest BCUT2D eigenvalue weighted by Crippen LogP contribution is 2.32. The van der Waals surface area contributed by atoms with E-state index in [1.807, 2.05) is 0 Å². The van der Waals surface area contributed by atoms with E-state index in [9.17, 15) is 14.9 Å². The summed E-state index contributed by atoms with van der Waals surface area (Å²) in [7, 11) is 0. The minimum absolute atomic E-state index is 0.0282. The van der Waals surface area contributed by atoms with E-state index in [0.29, 0.717) is 17.1 Å². The van der Waals surface area contributed by atoms with E-state index >= 15 is 0 Å². The molecule has 0 fully saturated rings. The van der Waals surface area contributed by atoms with Crippen LogP contribution in [0.1, 0.15) is 18.9 Å². The van der Waals surface area contributed by atoms with E-state index in [2.05, 4.69) is 10.2 Å². The maximum atomic E-state index is 12.4. The predicted molar refractivity (Wildman–Crippen MR) is 97.2 cm³/mol. The first kappa shape index (κ1) is 18.4. The molecule has 0 saturated heterocycles. The molecule has 0 saturated carbocycles. The van der Waals surface area contributed by atoms with Crippen LogP contribution in [-0.4, -0.2) is 33.8 Å². The third-order valence-corrected chi connectivity index (χ3v) is 4.18. The fraction of sp³-hybridized carbons (Fsp3) is 0.211. The van der Waals surface area contributed by atoms with Crippen molar-refractivity contribution in [2.45, 2.75) is 19.1 Å². The van der Waals surface area contributed by atoms with E-state index in [4.69, 9.17) is 18.6 Å². The van der Waals surface area contributed by atoms with Crippen LogP contribution in [0.3, 0.4) is 0 Å². The summed E-state index contributed by atoms with van der Waals surface area (Å²) >= 11 is 0. The fourth-order valence-corrected chi connectivity index (χ4v) is 2.68. The number of rotatable bonds is 5. The van der Waals surface area contributed by atoms with E-state index in [1.165, 1.54) is 24.3 Å². The van der Waals surface area contributed by atoms with E-state index < -0.39 is 23.1 Å². The van der Waals surface area contributed by atoms with E-state index in [0.717, 1.165) is 0 Å². The van der Waals surface area contributed by atoms with Crippen molar-refractivity contribution in [1.82, 2.24) is 10.2 Å². The number of non-ortho nitro benzene ring substituents is 1. The number of benzene rings is 2. The number of nitro groups is 1. The summed E-state index contributed by atoms with van der Waals surface area (Å²) in [5.41, 5.74) is 0.459. The van der Waals surface area contributed by atoms with Gasteiger partial charge in [0, 0.05) is 17.7 Å². The number of carbonyl (C=O) groups is 1. The molecule has 1 aromatic heterocycles. The van der Waals surface area contributed by atoms with Gasteiger partial charge in [-0.25, -0.2) is 4.79 Å². The van der Waals surface area contributed by atoms with Crippen LogP contribution >= 0.6 is 0 Å². The van der Waals surface area contributed by atoms with Gasteiger partial charge in [-0.1, -0.05) is 12.1 Å². The molecule has 2 aromatic carbocycles. The normalized spacial score (nSPS) is 16.1. The molecule has 0 aliphatic carbocycles. The van der Waals surface area contributed by atoms with Crippen molar-refractivity contribution in [1.29, 1.82) is 0 Å². The van der Waals surface area contributed by atoms with Crippen molar-refractivity contribution in [3.05, 3.63) is 64.5 Å². The highest BCUT2D eigenvalue weighted by Gasteiger charge is 2.31. The molecule has 1 aliphatic rings. The topological polar surface area (TPSA) is 127 Å². The summed E-state index contributed by atoms with van der Waals surface area (Å²) in [6.07, 6.45) is -1.73. The van der Waals surface area contributed by atoms with Crippen LogP contribution in [0.25, 0.3) is 11.5 Å². The fourth-order valence-electron chi connectivity index (χ4n) is 2.68. The smallest absolute Gasteiger partial charge is 0.351 e. The Morgan fingerprint density at radius 2 is 1.90 bits per heavy atom. The van der Waals surface area contributed by atoms with Gasteiger partial charge in [0.05, 0.1) is 4.92 Å². The monoisotopic (exact) mass is 397 g/mol. The number of hydrogen-bond donors (Lipinski definition) is 0. The van der Waals surface area contributed by atoms with E-state index in [-0.39, 0.29) is 24.1 Å². The summed E-state index contributed by atoms with van der Waals surface area (Å²) in [4.78, 5) is 22.6. The van der Waals surface area contributed by atoms with Gasteiger partial charge in [-0.15, -0.1) is 10.2 Å². The number of nitrogens with zero attached hydrogens (tertiary/aromatic N) is 3. The maximum absolute atomic E-state index is 12.4. The lowest BCUT2D eigenvalue weighted by Gasteiger charge is -2.25. The quantitative estimate of drug-likeness (QED) is 0.362. The van der Waals surface area contributed by atoms with Crippen molar-refractivity contribution in [2.75, 3.05) is 6.61 Å². The molecule has 0 amide bonds. The van der Waals surface area contributed by atoms with Gasteiger partial charge in [0.15, 0.2) is 17.6 Å². The Labute approximate surface area is 164 Å². The van der Waals surface area contributed by atoms with Gasteiger partial charge in [-0.2, -0.15) is 0 Å². The zero-order chi connectivity index (χ0) is 20.4. The van der Waals surface area contributed by atoms with Crippen LogP contribution in [0.4, 0.5) is 5.69 Å². The summed E-state index contributed by atoms with van der Waals surface area (Å²) in [6.45, 7) is 1.61. The standard InChI is InChI=1S/C19H15N3O7/c1-11(27-19(23)16-10-26-14-4-2-3-5-15(14)28-16)17-20-21-18(29-17)12-6-8-13(9-7-12)22(24)25/h2-9,11,16H,10H2,1H3/t11-,16+/m0/s1. The van der Waals surface area contributed by atoms with Gasteiger partial charge in [0.25, 0.3) is 11.6 Å². The first-order chi connectivity index (χ1) is 14.0. The second-order valence-electron chi connectivity index (χ2n) is 6.19. The molecule has 10 nitrogen and oxygen atoms in total. The molecule has 10 heteroatoms. The first-order valence-corrected chi connectivity index (χ1v) is 8.68. The first-order valence-electron chi connectivity index (χ1n) is 8.68. The van der Waals surface area contributed by atoms with Crippen molar-refractivity contribution in [3.63, 3.8) is 0 Å². The molecule has 0 spiro atoms. The molecule has 148 valence electrons. The Kier molecular flexibility index (Phi) is 4.82. The summed E-state index contributed by atoms with van der Waals surface area (Å²) in [5, 5.41) is 18.5. The molecule has 1 aliphatic heterocycles. The summed E-state index contributed by atoms with van der Waals surface area (Å²) in [5.74, 6) is 0.649. The number of fused-ring (bicyclic) bond motifs is 1. The molecular weight excluding hydrogens is 382 g/mol. The van der Waals surface area contributed by atoms with E-state index in [1.54, 1.807) is 31.2 Å². The van der Waals surface area contributed by atoms with Crippen LogP contribution in [0.15, 0.2) is 52.9 Å². The van der Waals surface area contributed by atoms with Crippen LogP contribution in [-0.2, 0) is 9.53 Å². The molecular formula is C19H15N3O7. The summed E-state index contributed by atoms with van der Waals surface area (Å²) < 4.78 is 22.0. The predicted octanol–water partition coefficient (Wildman–Crippen LogP) is 3.09. The Bertz CT molecular complexity index is 1050. The Morgan fingerprint density at radius 3 is 2.62 bits per heavy atom. The number of carbonyl (C=O) groups excluding carboxylic acids is 1. The minimum atomic E-state index is -0.913. The Balaban J connectivity index is 1.41. The third kappa shape index (κ3) is 3.86. The lowest BCUT2D eigenvalue weighted by atomic mass is 10.2. The number of nitro benzene ring substituents is 1. The van der Waals surface area contributed by atoms with Crippen LogP contribution in [0, 0.1) is 10.1 Å². The lowest BCUT2D eigenvalue weighted by molar-refractivity contribution is -0.384. The van der Waals surface area contributed by atoms with Crippen LogP contribution in [0.5, 0.6) is 11.5 Å². The number of ether oxygens (including phenoxy) is 3. The van der Waals surface area contributed by atoms with Crippen molar-refractivity contribution < 1.29 is 28.3 Å². The Morgan fingerprint density at radius 1 is 1.17 bits per heavy atom. The van der Waals surface area contributed by atoms with Crippen LogP contribution < -0.4 is 9.47 Å². The molecule has 2 heterocycles. The second kappa shape index (κ2) is 7.58. The van der Waals surface area contributed by atoms with Crippen molar-refractivity contribution >= 4 is 11.7 Å². The average molecular weight is 397 g/mol. The SMILES string of the molecule is C[C@H](OC(=O)[C@H]1COc2ccccc2O1)c1nnc(-c2ccc([N+](=O)[O-])cc2)o1. The minimum Gasteiger partial charge on any atom is -0.485 e. The van der Waals surface area contributed by atoms with Gasteiger partial charge in [0.2, 0.25) is 12.0 Å². The highest BCUT2D eigenvalue weighted by atomic mass is 16.6. The van der Waals surface area contributed by atoms with Crippen molar-refractivity contribution in [2.24, 2.45) is 0 Å². The zero-order valence-electron chi connectivity index (χ0n) is 15.2. The number of hydrogen-bond acceptors (Lipinski definition) is 9. The molecule has 0 unspecified atom stereocenters. The highest BCUT2D eigenvalue weighted by molar-refractivity contribution is 5.76. The van der Waals surface area contributed by atoms with Crippen LogP contribution in [0.2, 0.25) is 0 Å². The number of para-hydroxylation sites is 2. The Hall–Kier alpha value is -3.95. The largest absolute Gasteiger partial charge is 0.485 e. The number of aromatic nitrogens is 2. The zero-order valence-corrected chi connectivity index (χ0v) is 15.2. The summed E-state index contributed by atoms with van der Waals surface area (Å²) in [6, 6.07) is 12.7. The molecule has 0 N–H and O–H groups in total. The molecule has 2 atom stereocenters. The molecule has 4 rings (SSSR count). The maximum Gasteiger partial charge on any atom is 0.351 e. The van der Waals surface area contributed by atoms with Crippen molar-refractivity contribution in [3.8, 4) is 23.0 Å². The number of esters is 1. The molecule has 29 heavy (non-hydrogen) atoms. The van der Waals surface area contributed by atoms with Gasteiger partial charge in [-0.05, 0) is 31.2 Å². The van der Waals surface area contributed by atoms with Gasteiger partial charge in [0.1, 0.15) is 6.61 Å². The van der Waals surface area contributed by atoms with Gasteiger partial charge >= 0.3 is 5.97 Å². The average Bonchev–Trinajstić information content (AvgIpc) is 3.24. The van der Waals surface area contributed by atoms with Gasteiger partial charge in [-0.3, -0.25) is 10.1 Å². The molecule has 0 radical (unpaired) electrons. The second-order valence-corrected chi connectivity index (χ2v) is 6.19. The molecule has 3 aromatic rings. The molecule has 0 bridgehead atoms. The lowest BCUT2D eigenvalue weighted by Crippen LogP contribution is -2.38. The third-order valence-electron chi connectivity index (χ3n) is 4.18.